The maximum atomic E-state index is 14.3. The summed E-state index contributed by atoms with van der Waals surface area (Å²) >= 11 is 0. The van der Waals surface area contributed by atoms with Crippen molar-refractivity contribution in [2.45, 2.75) is 77.5 Å². The van der Waals surface area contributed by atoms with Gasteiger partial charge in [-0.25, -0.2) is 4.79 Å². The Bertz CT molecular complexity index is 1390. The molecule has 9 heteroatoms. The molecule has 8 nitrogen and oxygen atoms in total. The van der Waals surface area contributed by atoms with E-state index in [-0.39, 0.29) is 29.5 Å². The fourth-order valence-electron chi connectivity index (χ4n) is 5.68. The van der Waals surface area contributed by atoms with Gasteiger partial charge in [0.15, 0.2) is 8.32 Å². The highest BCUT2D eigenvalue weighted by molar-refractivity contribution is 6.74. The normalized spacial score (nSPS) is 18.0. The highest BCUT2D eigenvalue weighted by Crippen LogP contribution is 2.46. The third-order valence-electron chi connectivity index (χ3n) is 9.45. The van der Waals surface area contributed by atoms with Crippen LogP contribution in [0, 0.1) is 11.8 Å². The Hall–Kier alpha value is -3.82. The molecule has 0 bridgehead atoms. The van der Waals surface area contributed by atoms with Crippen LogP contribution in [-0.2, 0) is 25.3 Å². The Morgan fingerprint density at radius 3 is 1.85 bits per heavy atom. The van der Waals surface area contributed by atoms with E-state index >= 15 is 0 Å². The van der Waals surface area contributed by atoms with Crippen LogP contribution in [0.5, 0.6) is 11.5 Å². The second kappa shape index (κ2) is 14.7. The zero-order valence-corrected chi connectivity index (χ0v) is 29.6. The van der Waals surface area contributed by atoms with Gasteiger partial charge >= 0.3 is 6.16 Å². The third-order valence-corrected chi connectivity index (χ3v) is 14.0. The number of carbonyl (C=O) groups is 2. The van der Waals surface area contributed by atoms with Gasteiger partial charge in [0.25, 0.3) is 0 Å². The molecule has 0 aliphatic carbocycles. The smallest absolute Gasteiger partial charge is 0.497 e. The predicted molar refractivity (Wildman–Crippen MR) is 181 cm³/mol. The molecule has 0 N–H and O–H groups in total. The summed E-state index contributed by atoms with van der Waals surface area (Å²) in [5, 5.41) is 0.0366. The van der Waals surface area contributed by atoms with Crippen LogP contribution in [0.3, 0.4) is 0 Å². The quantitative estimate of drug-likeness (QED) is 0.106. The number of rotatable bonds is 13. The zero-order valence-electron chi connectivity index (χ0n) is 28.6. The minimum atomic E-state index is -2.07. The second-order valence-corrected chi connectivity index (χ2v) is 18.4. The van der Waals surface area contributed by atoms with E-state index in [0.29, 0.717) is 6.61 Å². The van der Waals surface area contributed by atoms with E-state index in [0.717, 1.165) is 28.2 Å². The molecule has 0 spiro atoms. The zero-order chi connectivity index (χ0) is 33.6. The van der Waals surface area contributed by atoms with E-state index < -0.39 is 32.5 Å². The molecule has 4 atom stereocenters. The predicted octanol–water partition coefficient (Wildman–Crippen LogP) is 8.02. The number of hydrogen-bond acceptors (Lipinski definition) is 7. The summed E-state index contributed by atoms with van der Waals surface area (Å²) in [6.07, 6.45) is -1.51. The number of benzene rings is 3. The molecule has 3 aromatic carbocycles. The van der Waals surface area contributed by atoms with Gasteiger partial charge in [-0.2, -0.15) is 0 Å². The van der Waals surface area contributed by atoms with Crippen molar-refractivity contribution in [2.75, 3.05) is 20.8 Å². The lowest BCUT2D eigenvalue weighted by atomic mass is 9.74. The molecule has 0 radical (unpaired) electrons. The Morgan fingerprint density at radius 2 is 1.37 bits per heavy atom. The number of likely N-dealkylation sites (tertiary alicyclic amines) is 1. The lowest BCUT2D eigenvalue weighted by molar-refractivity contribution is -0.174. The summed E-state index contributed by atoms with van der Waals surface area (Å²) in [7, 11) is 1.19. The molecule has 0 saturated carbocycles. The summed E-state index contributed by atoms with van der Waals surface area (Å²) in [5.41, 5.74) is 2.74. The summed E-state index contributed by atoms with van der Waals surface area (Å²) in [4.78, 5) is 29.0. The van der Waals surface area contributed by atoms with Crippen molar-refractivity contribution >= 4 is 20.4 Å². The first-order valence-electron chi connectivity index (χ1n) is 15.9. The van der Waals surface area contributed by atoms with E-state index in [4.69, 9.17) is 23.4 Å². The van der Waals surface area contributed by atoms with Gasteiger partial charge in [-0.3, -0.25) is 4.79 Å². The third kappa shape index (κ3) is 7.93. The number of nitrogens with zero attached hydrogens (tertiary/aromatic N) is 1. The van der Waals surface area contributed by atoms with Gasteiger partial charge in [0.1, 0.15) is 24.2 Å². The summed E-state index contributed by atoms with van der Waals surface area (Å²) < 4.78 is 28.7. The highest BCUT2D eigenvalue weighted by Gasteiger charge is 2.56. The van der Waals surface area contributed by atoms with Crippen LogP contribution in [0.15, 0.2) is 78.9 Å². The van der Waals surface area contributed by atoms with E-state index in [1.165, 1.54) is 0 Å². The molecule has 1 aliphatic heterocycles. The van der Waals surface area contributed by atoms with Crippen molar-refractivity contribution in [3.63, 3.8) is 0 Å². The van der Waals surface area contributed by atoms with Gasteiger partial charge in [-0.15, -0.1) is 0 Å². The largest absolute Gasteiger partial charge is 0.508 e. The summed E-state index contributed by atoms with van der Waals surface area (Å²) in [6, 6.07) is 24.3. The molecule has 1 fully saturated rings. The van der Waals surface area contributed by atoms with E-state index in [2.05, 4.69) is 40.8 Å². The molecule has 1 heterocycles. The van der Waals surface area contributed by atoms with Gasteiger partial charge in [0.2, 0.25) is 5.91 Å². The minimum Gasteiger partial charge on any atom is -0.497 e. The van der Waals surface area contributed by atoms with Crippen LogP contribution < -0.4 is 9.47 Å². The molecule has 1 amide bonds. The van der Waals surface area contributed by atoms with Crippen LogP contribution in [0.25, 0.3) is 0 Å². The SMILES string of the molecule is COc1ccc(C(c2ccc(OC)cc2)N2C(=O)[C@H]([C@@H](C)OC(=O)OCc3ccccc3)[C@@H]2C(C)CO[Si](C)(C)C(C)(C)C)cc1. The summed E-state index contributed by atoms with van der Waals surface area (Å²) in [6.45, 7) is 15.6. The molecule has 1 unspecified atom stereocenters. The van der Waals surface area contributed by atoms with Crippen molar-refractivity contribution < 1.29 is 33.0 Å². The van der Waals surface area contributed by atoms with E-state index in [9.17, 15) is 9.59 Å². The van der Waals surface area contributed by atoms with Crippen LogP contribution in [-0.4, -0.2) is 58.3 Å². The second-order valence-electron chi connectivity index (χ2n) is 13.6. The molecule has 248 valence electrons. The van der Waals surface area contributed by atoms with Crippen molar-refractivity contribution in [3.05, 3.63) is 95.6 Å². The number of β-lactam (4-membered cyclic amide) rings is 1. The Balaban J connectivity index is 1.65. The number of carbonyl (C=O) groups excluding carboxylic acids is 2. The Labute approximate surface area is 275 Å². The molecule has 1 aliphatic rings. The minimum absolute atomic E-state index is 0.0366. The molecule has 4 rings (SSSR count). The first-order valence-corrected chi connectivity index (χ1v) is 18.8. The van der Waals surface area contributed by atoms with Crippen LogP contribution in [0.2, 0.25) is 18.1 Å². The van der Waals surface area contributed by atoms with E-state index in [1.807, 2.05) is 83.8 Å². The highest BCUT2D eigenvalue weighted by atomic mass is 28.4. The van der Waals surface area contributed by atoms with Crippen LogP contribution in [0.1, 0.15) is 57.4 Å². The number of hydrogen-bond donors (Lipinski definition) is 0. The van der Waals surface area contributed by atoms with Crippen molar-refractivity contribution in [2.24, 2.45) is 11.8 Å². The van der Waals surface area contributed by atoms with Gasteiger partial charge in [-0.05, 0) is 71.9 Å². The van der Waals surface area contributed by atoms with Crippen molar-refractivity contribution in [1.82, 2.24) is 4.90 Å². The first kappa shape index (κ1) is 35.0. The fourth-order valence-corrected chi connectivity index (χ4v) is 6.79. The Kier molecular flexibility index (Phi) is 11.2. The monoisotopic (exact) mass is 647 g/mol. The van der Waals surface area contributed by atoms with Crippen molar-refractivity contribution in [1.29, 1.82) is 0 Å². The fraction of sp³-hybridized carbons (Fsp3) is 0.459. The van der Waals surface area contributed by atoms with Gasteiger partial charge in [0.05, 0.1) is 32.2 Å². The maximum absolute atomic E-state index is 14.3. The lowest BCUT2D eigenvalue weighted by Crippen LogP contribution is -2.68. The molecular weight excluding hydrogens is 598 g/mol. The van der Waals surface area contributed by atoms with E-state index in [1.54, 1.807) is 21.1 Å². The molecule has 3 aromatic rings. The standard InChI is InChI=1S/C37H49NO7Si/c1-25(23-44-46(8,9)37(3,4)5)33-32(26(2)45-36(40)43-24-27-13-11-10-12-14-27)35(39)38(33)34(28-15-19-30(41-6)20-16-28)29-17-21-31(42-7)22-18-29/h10-22,25-26,32-34H,23-24H2,1-9H3/t25?,26-,32-,33+/m1/s1. The number of amides is 1. The molecule has 1 saturated heterocycles. The maximum Gasteiger partial charge on any atom is 0.508 e. The molecular formula is C37H49NO7Si. The Morgan fingerprint density at radius 1 is 0.848 bits per heavy atom. The number of methoxy groups -OCH3 is 2. The first-order chi connectivity index (χ1) is 21.8. The summed E-state index contributed by atoms with van der Waals surface area (Å²) in [5.74, 6) is 0.746. The van der Waals surface area contributed by atoms with Crippen LogP contribution >= 0.6 is 0 Å². The molecule has 0 aromatic heterocycles. The van der Waals surface area contributed by atoms with Gasteiger partial charge < -0.3 is 28.3 Å². The topological polar surface area (TPSA) is 83.5 Å². The number of ether oxygens (including phenoxy) is 4. The lowest BCUT2D eigenvalue weighted by Gasteiger charge is -2.55. The van der Waals surface area contributed by atoms with Gasteiger partial charge in [0, 0.05) is 6.61 Å². The van der Waals surface area contributed by atoms with Gasteiger partial charge in [-0.1, -0.05) is 82.3 Å². The molecule has 46 heavy (non-hydrogen) atoms. The van der Waals surface area contributed by atoms with Crippen LogP contribution in [0.4, 0.5) is 4.79 Å². The average molecular weight is 648 g/mol. The van der Waals surface area contributed by atoms with Crippen molar-refractivity contribution in [3.8, 4) is 11.5 Å². The average Bonchev–Trinajstić information content (AvgIpc) is 3.04.